The van der Waals surface area contributed by atoms with Crippen molar-refractivity contribution in [2.75, 3.05) is 6.54 Å². The zero-order valence-electron chi connectivity index (χ0n) is 13.4. The van der Waals surface area contributed by atoms with Gasteiger partial charge >= 0.3 is 0 Å². The Labute approximate surface area is 129 Å². The van der Waals surface area contributed by atoms with Gasteiger partial charge in [0.1, 0.15) is 0 Å². The molecule has 0 aromatic rings. The molecule has 0 bridgehead atoms. The Kier molecular flexibility index (Phi) is 5.56. The van der Waals surface area contributed by atoms with Gasteiger partial charge in [-0.05, 0) is 43.9 Å². The van der Waals surface area contributed by atoms with E-state index in [9.17, 15) is 4.79 Å². The quantitative estimate of drug-likeness (QED) is 0.834. The lowest BCUT2D eigenvalue weighted by molar-refractivity contribution is -0.124. The largest absolute Gasteiger partial charge is 0.355 e. The second kappa shape index (κ2) is 7.62. The zero-order valence-corrected chi connectivity index (χ0v) is 13.4. The van der Waals surface area contributed by atoms with E-state index < -0.39 is 0 Å². The first-order chi connectivity index (χ1) is 10.3. The Morgan fingerprint density at radius 3 is 2.52 bits per heavy atom. The third kappa shape index (κ3) is 4.21. The summed E-state index contributed by atoms with van der Waals surface area (Å²) < 4.78 is 0. The van der Waals surface area contributed by atoms with Gasteiger partial charge in [-0.3, -0.25) is 4.79 Å². The number of nitrogens with one attached hydrogen (secondary N) is 2. The SMILES string of the molecule is O=C(NCCC1CCCCC1)C1CCC2CCCCC2N1. The summed E-state index contributed by atoms with van der Waals surface area (Å²) >= 11 is 0. The number of piperidine rings is 1. The highest BCUT2D eigenvalue weighted by atomic mass is 16.2. The van der Waals surface area contributed by atoms with Crippen molar-refractivity contribution in [3.05, 3.63) is 0 Å². The predicted molar refractivity (Wildman–Crippen MR) is 86.1 cm³/mol. The fraction of sp³-hybridized carbons (Fsp3) is 0.944. The van der Waals surface area contributed by atoms with E-state index in [-0.39, 0.29) is 11.9 Å². The number of hydrogen-bond acceptors (Lipinski definition) is 2. The molecule has 3 unspecified atom stereocenters. The molecule has 21 heavy (non-hydrogen) atoms. The van der Waals surface area contributed by atoms with Gasteiger partial charge in [-0.1, -0.05) is 44.9 Å². The van der Waals surface area contributed by atoms with Gasteiger partial charge in [-0.2, -0.15) is 0 Å². The van der Waals surface area contributed by atoms with E-state index in [1.807, 2.05) is 0 Å². The lowest BCUT2D eigenvalue weighted by atomic mass is 9.77. The molecule has 1 heterocycles. The van der Waals surface area contributed by atoms with Gasteiger partial charge < -0.3 is 10.6 Å². The van der Waals surface area contributed by atoms with Crippen LogP contribution in [0.25, 0.3) is 0 Å². The monoisotopic (exact) mass is 292 g/mol. The van der Waals surface area contributed by atoms with Gasteiger partial charge in [0.15, 0.2) is 0 Å². The summed E-state index contributed by atoms with van der Waals surface area (Å²) in [5, 5.41) is 6.83. The maximum absolute atomic E-state index is 12.3. The van der Waals surface area contributed by atoms with Crippen LogP contribution in [0.2, 0.25) is 0 Å². The standard InChI is InChI=1S/C18H32N2O/c21-18(19-13-12-14-6-2-1-3-7-14)17-11-10-15-8-4-5-9-16(15)20-17/h14-17,20H,1-13H2,(H,19,21). The molecule has 2 saturated carbocycles. The third-order valence-electron chi connectivity index (χ3n) is 6.04. The topological polar surface area (TPSA) is 41.1 Å². The highest BCUT2D eigenvalue weighted by molar-refractivity contribution is 5.81. The van der Waals surface area contributed by atoms with Gasteiger partial charge in [0.05, 0.1) is 6.04 Å². The molecule has 1 amide bonds. The third-order valence-corrected chi connectivity index (χ3v) is 6.04. The van der Waals surface area contributed by atoms with Crippen molar-refractivity contribution in [2.45, 2.75) is 89.1 Å². The van der Waals surface area contributed by atoms with Crippen LogP contribution in [0.15, 0.2) is 0 Å². The van der Waals surface area contributed by atoms with Crippen LogP contribution < -0.4 is 10.6 Å². The van der Waals surface area contributed by atoms with Crippen LogP contribution in [0.4, 0.5) is 0 Å². The number of rotatable bonds is 4. The Morgan fingerprint density at radius 2 is 1.67 bits per heavy atom. The maximum Gasteiger partial charge on any atom is 0.237 e. The molecule has 0 aromatic carbocycles. The van der Waals surface area contributed by atoms with Gasteiger partial charge in [-0.15, -0.1) is 0 Å². The van der Waals surface area contributed by atoms with Crippen molar-refractivity contribution in [3.63, 3.8) is 0 Å². The van der Waals surface area contributed by atoms with E-state index in [0.29, 0.717) is 6.04 Å². The molecule has 120 valence electrons. The lowest BCUT2D eigenvalue weighted by Crippen LogP contribution is -2.55. The number of carbonyl (C=O) groups is 1. The van der Waals surface area contributed by atoms with Crippen LogP contribution in [0, 0.1) is 11.8 Å². The molecular formula is C18H32N2O. The summed E-state index contributed by atoms with van der Waals surface area (Å²) in [5.41, 5.74) is 0. The van der Waals surface area contributed by atoms with Crippen LogP contribution in [0.5, 0.6) is 0 Å². The normalized spacial score (nSPS) is 34.2. The lowest BCUT2D eigenvalue weighted by Gasteiger charge is -2.39. The van der Waals surface area contributed by atoms with E-state index in [0.717, 1.165) is 24.8 Å². The summed E-state index contributed by atoms with van der Waals surface area (Å²) in [7, 11) is 0. The van der Waals surface area contributed by atoms with Crippen LogP contribution in [0.3, 0.4) is 0 Å². The predicted octanol–water partition coefficient (Wildman–Crippen LogP) is 3.38. The van der Waals surface area contributed by atoms with E-state index in [4.69, 9.17) is 0 Å². The first-order valence-electron chi connectivity index (χ1n) is 9.36. The van der Waals surface area contributed by atoms with Gasteiger partial charge in [-0.25, -0.2) is 0 Å². The molecular weight excluding hydrogens is 260 g/mol. The summed E-state index contributed by atoms with van der Waals surface area (Å²) in [6.07, 6.45) is 15.8. The van der Waals surface area contributed by atoms with Crippen molar-refractivity contribution >= 4 is 5.91 Å². The number of fused-ring (bicyclic) bond motifs is 1. The molecule has 0 spiro atoms. The molecule has 3 aliphatic rings. The second-order valence-corrected chi connectivity index (χ2v) is 7.53. The molecule has 3 heteroatoms. The molecule has 1 aliphatic heterocycles. The molecule has 0 aromatic heterocycles. The minimum Gasteiger partial charge on any atom is -0.355 e. The van der Waals surface area contributed by atoms with Crippen LogP contribution in [0.1, 0.15) is 77.0 Å². The molecule has 3 fully saturated rings. The summed E-state index contributed by atoms with van der Waals surface area (Å²) in [5.74, 6) is 1.96. The number of amides is 1. The van der Waals surface area contributed by atoms with Crippen LogP contribution in [-0.4, -0.2) is 24.5 Å². The van der Waals surface area contributed by atoms with Gasteiger partial charge in [0, 0.05) is 12.6 Å². The van der Waals surface area contributed by atoms with Crippen LogP contribution in [-0.2, 0) is 4.79 Å². The number of carbonyl (C=O) groups excluding carboxylic acids is 1. The molecule has 2 aliphatic carbocycles. The first kappa shape index (κ1) is 15.3. The molecule has 0 radical (unpaired) electrons. The molecule has 3 nitrogen and oxygen atoms in total. The van der Waals surface area contributed by atoms with Crippen molar-refractivity contribution in [1.29, 1.82) is 0 Å². The van der Waals surface area contributed by atoms with E-state index in [2.05, 4.69) is 10.6 Å². The molecule has 1 saturated heterocycles. The Hall–Kier alpha value is -0.570. The van der Waals surface area contributed by atoms with Crippen LogP contribution >= 0.6 is 0 Å². The smallest absolute Gasteiger partial charge is 0.237 e. The molecule has 3 rings (SSSR count). The van der Waals surface area contributed by atoms with E-state index in [1.165, 1.54) is 70.6 Å². The summed E-state index contributed by atoms with van der Waals surface area (Å²) in [6.45, 7) is 0.885. The highest BCUT2D eigenvalue weighted by Crippen LogP contribution is 2.32. The first-order valence-corrected chi connectivity index (χ1v) is 9.36. The Morgan fingerprint density at radius 1 is 0.905 bits per heavy atom. The average molecular weight is 292 g/mol. The maximum atomic E-state index is 12.3. The van der Waals surface area contributed by atoms with Gasteiger partial charge in [0.2, 0.25) is 5.91 Å². The fourth-order valence-corrected chi connectivity index (χ4v) is 4.70. The Balaban J connectivity index is 1.37. The minimum absolute atomic E-state index is 0.0794. The minimum atomic E-state index is 0.0794. The van der Waals surface area contributed by atoms with E-state index in [1.54, 1.807) is 0 Å². The summed E-state index contributed by atoms with van der Waals surface area (Å²) in [6, 6.07) is 0.692. The molecule has 2 N–H and O–H groups in total. The number of hydrogen-bond donors (Lipinski definition) is 2. The Bertz CT molecular complexity index is 338. The fourth-order valence-electron chi connectivity index (χ4n) is 4.70. The van der Waals surface area contributed by atoms with Crippen molar-refractivity contribution in [1.82, 2.24) is 10.6 Å². The average Bonchev–Trinajstić information content (AvgIpc) is 2.55. The zero-order chi connectivity index (χ0) is 14.5. The van der Waals surface area contributed by atoms with Crippen molar-refractivity contribution < 1.29 is 4.79 Å². The summed E-state index contributed by atoms with van der Waals surface area (Å²) in [4.78, 5) is 12.3. The van der Waals surface area contributed by atoms with Crippen molar-refractivity contribution in [3.8, 4) is 0 Å². The second-order valence-electron chi connectivity index (χ2n) is 7.53. The molecule has 3 atom stereocenters. The van der Waals surface area contributed by atoms with Gasteiger partial charge in [0.25, 0.3) is 0 Å². The van der Waals surface area contributed by atoms with Crippen molar-refractivity contribution in [2.24, 2.45) is 11.8 Å². The highest BCUT2D eigenvalue weighted by Gasteiger charge is 2.34. The van der Waals surface area contributed by atoms with E-state index >= 15 is 0 Å².